The first-order chi connectivity index (χ1) is 11.2. The first-order valence-corrected chi connectivity index (χ1v) is 8.09. The van der Waals surface area contributed by atoms with Crippen molar-refractivity contribution < 1.29 is 9.90 Å². The molecule has 0 spiro atoms. The van der Waals surface area contributed by atoms with Crippen LogP contribution in [0.4, 0.5) is 0 Å². The summed E-state index contributed by atoms with van der Waals surface area (Å²) in [6, 6.07) is 6.64. The van der Waals surface area contributed by atoms with Crippen molar-refractivity contribution in [3.8, 4) is 0 Å². The molecule has 4 rings (SSSR count). The fourth-order valence-electron chi connectivity index (χ4n) is 3.92. The Labute approximate surface area is 135 Å². The van der Waals surface area contributed by atoms with Gasteiger partial charge in [-0.15, -0.1) is 0 Å². The molecule has 2 atom stereocenters. The summed E-state index contributed by atoms with van der Waals surface area (Å²) in [4.78, 5) is 17.9. The molecule has 1 aliphatic carbocycles. The van der Waals surface area contributed by atoms with Crippen LogP contribution in [0.5, 0.6) is 0 Å². The van der Waals surface area contributed by atoms with Gasteiger partial charge in [-0.05, 0) is 36.2 Å². The number of aromatic nitrogens is 1. The summed E-state index contributed by atoms with van der Waals surface area (Å²) < 4.78 is 0. The number of H-pyrrole nitrogens is 1. The molecule has 5 heteroatoms. The number of fused-ring (bicyclic) bond motifs is 2. The molecule has 1 amide bonds. The summed E-state index contributed by atoms with van der Waals surface area (Å²) in [5.41, 5.74) is 5.00. The van der Waals surface area contributed by atoms with Crippen LogP contribution < -0.4 is 5.32 Å². The van der Waals surface area contributed by atoms with E-state index in [4.69, 9.17) is 5.11 Å². The van der Waals surface area contributed by atoms with Crippen LogP contribution in [0.2, 0.25) is 0 Å². The molecule has 2 aliphatic rings. The van der Waals surface area contributed by atoms with E-state index in [0.29, 0.717) is 19.1 Å². The minimum Gasteiger partial charge on any atom is -0.395 e. The molecule has 1 aliphatic heterocycles. The van der Waals surface area contributed by atoms with E-state index in [1.165, 1.54) is 22.1 Å². The van der Waals surface area contributed by atoms with Gasteiger partial charge in [-0.25, -0.2) is 0 Å². The maximum atomic E-state index is 12.3. The van der Waals surface area contributed by atoms with Gasteiger partial charge in [0.1, 0.15) is 0 Å². The summed E-state index contributed by atoms with van der Waals surface area (Å²) in [6.45, 7) is 0.990. The number of carbonyl (C=O) groups excluding carboxylic acids is 1. The molecule has 2 heterocycles. The molecule has 1 aromatic carbocycles. The number of aliphatic hydroxyl groups is 1. The van der Waals surface area contributed by atoms with Crippen LogP contribution in [0.3, 0.4) is 0 Å². The highest BCUT2D eigenvalue weighted by Gasteiger charge is 2.35. The molecule has 2 aromatic rings. The molecule has 5 nitrogen and oxygen atoms in total. The zero-order valence-corrected chi connectivity index (χ0v) is 13.2. The summed E-state index contributed by atoms with van der Waals surface area (Å²) >= 11 is 0. The maximum absolute atomic E-state index is 12.3. The van der Waals surface area contributed by atoms with Gasteiger partial charge >= 0.3 is 0 Å². The normalized spacial score (nSPS) is 23.5. The Balaban J connectivity index is 1.77. The second kappa shape index (κ2) is 5.51. The van der Waals surface area contributed by atoms with E-state index in [2.05, 4.69) is 52.7 Å². The number of rotatable bonds is 3. The van der Waals surface area contributed by atoms with Gasteiger partial charge < -0.3 is 15.4 Å². The van der Waals surface area contributed by atoms with Gasteiger partial charge in [0, 0.05) is 36.2 Å². The van der Waals surface area contributed by atoms with E-state index in [1.807, 2.05) is 0 Å². The fraction of sp³-hybridized carbons (Fsp3) is 0.389. The standard InChI is InChI=1S/C18H21N3O2/c1-21-10-12(18(23)19-5-6-22)7-14-13-3-2-4-15-17(13)11(9-20-15)8-16(14)21/h2-4,7,9,12,16,20,22H,5-6,8,10H2,1H3,(H,19,23)/t12?,16-/m1/s1. The molecule has 0 radical (unpaired) electrons. The number of aromatic amines is 1. The van der Waals surface area contributed by atoms with Gasteiger partial charge in [0.2, 0.25) is 5.91 Å². The minimum atomic E-state index is -0.173. The Hall–Kier alpha value is -2.11. The molecule has 1 unspecified atom stereocenters. The van der Waals surface area contributed by atoms with Crippen LogP contribution in [0, 0.1) is 5.92 Å². The molecule has 120 valence electrons. The lowest BCUT2D eigenvalue weighted by atomic mass is 9.80. The van der Waals surface area contributed by atoms with Gasteiger partial charge in [0.05, 0.1) is 12.5 Å². The number of benzene rings is 1. The van der Waals surface area contributed by atoms with Gasteiger partial charge in [-0.3, -0.25) is 9.69 Å². The molecular weight excluding hydrogens is 290 g/mol. The Morgan fingerprint density at radius 1 is 1.48 bits per heavy atom. The van der Waals surface area contributed by atoms with Crippen LogP contribution in [0.1, 0.15) is 11.1 Å². The average Bonchev–Trinajstić information content (AvgIpc) is 2.98. The third-order valence-corrected chi connectivity index (χ3v) is 5.02. The average molecular weight is 311 g/mol. The van der Waals surface area contributed by atoms with Crippen LogP contribution >= 0.6 is 0 Å². The van der Waals surface area contributed by atoms with Gasteiger partial charge in [0.25, 0.3) is 0 Å². The number of carbonyl (C=O) groups is 1. The fourth-order valence-corrected chi connectivity index (χ4v) is 3.92. The zero-order valence-electron chi connectivity index (χ0n) is 13.2. The lowest BCUT2D eigenvalue weighted by molar-refractivity contribution is -0.124. The number of hydrogen-bond acceptors (Lipinski definition) is 3. The number of hydrogen-bond donors (Lipinski definition) is 3. The second-order valence-electron chi connectivity index (χ2n) is 6.44. The quantitative estimate of drug-likeness (QED) is 0.796. The van der Waals surface area contributed by atoms with Crippen molar-refractivity contribution in [2.24, 2.45) is 5.92 Å². The molecular formula is C18H21N3O2. The van der Waals surface area contributed by atoms with Crippen LogP contribution in [0.15, 0.2) is 30.5 Å². The van der Waals surface area contributed by atoms with E-state index in [0.717, 1.165) is 11.9 Å². The third-order valence-electron chi connectivity index (χ3n) is 5.02. The van der Waals surface area contributed by atoms with Crippen LogP contribution in [-0.2, 0) is 11.2 Å². The van der Waals surface area contributed by atoms with Gasteiger partial charge in [0.15, 0.2) is 0 Å². The monoisotopic (exact) mass is 311 g/mol. The Kier molecular flexibility index (Phi) is 3.47. The van der Waals surface area contributed by atoms with Gasteiger partial charge in [-0.1, -0.05) is 18.2 Å². The summed E-state index contributed by atoms with van der Waals surface area (Å²) in [5.74, 6) is -0.183. The van der Waals surface area contributed by atoms with Crippen LogP contribution in [-0.4, -0.2) is 53.7 Å². The van der Waals surface area contributed by atoms with Crippen molar-refractivity contribution in [2.75, 3.05) is 26.7 Å². The lowest BCUT2D eigenvalue weighted by Gasteiger charge is -2.39. The number of amides is 1. The SMILES string of the molecule is CN1CC(C(=O)NCCO)C=C2c3cccc4[nH]cc(c34)C[C@H]21. The topological polar surface area (TPSA) is 68.4 Å². The highest BCUT2D eigenvalue weighted by molar-refractivity contribution is 5.99. The zero-order chi connectivity index (χ0) is 16.0. The Morgan fingerprint density at radius 3 is 3.17 bits per heavy atom. The first kappa shape index (κ1) is 14.5. The number of nitrogens with one attached hydrogen (secondary N) is 2. The van der Waals surface area contributed by atoms with Crippen molar-refractivity contribution in [3.63, 3.8) is 0 Å². The molecule has 1 aromatic heterocycles. The van der Waals surface area contributed by atoms with E-state index in [1.54, 1.807) is 0 Å². The Morgan fingerprint density at radius 2 is 2.35 bits per heavy atom. The minimum absolute atomic E-state index is 0.0103. The molecule has 0 saturated carbocycles. The molecule has 3 N–H and O–H groups in total. The maximum Gasteiger partial charge on any atom is 0.228 e. The highest BCUT2D eigenvalue weighted by Crippen LogP contribution is 2.40. The molecule has 23 heavy (non-hydrogen) atoms. The predicted octanol–water partition coefficient (Wildman–Crippen LogP) is 1.15. The summed E-state index contributed by atoms with van der Waals surface area (Å²) in [6.07, 6.45) is 5.21. The smallest absolute Gasteiger partial charge is 0.228 e. The molecule has 0 bridgehead atoms. The second-order valence-corrected chi connectivity index (χ2v) is 6.44. The third kappa shape index (κ3) is 2.28. The Bertz CT molecular complexity index is 793. The largest absolute Gasteiger partial charge is 0.395 e. The van der Waals surface area contributed by atoms with Crippen molar-refractivity contribution >= 4 is 22.4 Å². The van der Waals surface area contributed by atoms with Crippen molar-refractivity contribution in [1.29, 1.82) is 0 Å². The lowest BCUT2D eigenvalue weighted by Crippen LogP contribution is -2.46. The van der Waals surface area contributed by atoms with Crippen LogP contribution in [0.25, 0.3) is 16.5 Å². The molecule has 0 fully saturated rings. The predicted molar refractivity (Wildman–Crippen MR) is 90.0 cm³/mol. The number of nitrogens with zero attached hydrogens (tertiary/aromatic N) is 1. The molecule has 0 saturated heterocycles. The van der Waals surface area contributed by atoms with E-state index in [9.17, 15) is 4.79 Å². The van der Waals surface area contributed by atoms with E-state index in [-0.39, 0.29) is 18.4 Å². The first-order valence-electron chi connectivity index (χ1n) is 8.09. The van der Waals surface area contributed by atoms with E-state index < -0.39 is 0 Å². The highest BCUT2D eigenvalue weighted by atomic mass is 16.3. The van der Waals surface area contributed by atoms with Crippen molar-refractivity contribution in [3.05, 3.63) is 41.6 Å². The van der Waals surface area contributed by atoms with E-state index >= 15 is 0 Å². The number of likely N-dealkylation sites (N-methyl/N-ethyl adjacent to an activating group) is 1. The number of aliphatic hydroxyl groups excluding tert-OH is 1. The van der Waals surface area contributed by atoms with Crippen molar-refractivity contribution in [1.82, 2.24) is 15.2 Å². The summed E-state index contributed by atoms with van der Waals surface area (Å²) in [7, 11) is 2.09. The summed E-state index contributed by atoms with van der Waals surface area (Å²) in [5, 5.41) is 13.0. The van der Waals surface area contributed by atoms with Crippen molar-refractivity contribution in [2.45, 2.75) is 12.5 Å². The van der Waals surface area contributed by atoms with Gasteiger partial charge in [-0.2, -0.15) is 0 Å².